The van der Waals surface area contributed by atoms with Crippen LogP contribution in [0.15, 0.2) is 12.1 Å². The van der Waals surface area contributed by atoms with Gasteiger partial charge in [0, 0.05) is 7.05 Å². The monoisotopic (exact) mass is 301 g/mol. The number of aryl methyl sites for hydroxylation is 2. The highest BCUT2D eigenvalue weighted by atomic mass is 16.2. The van der Waals surface area contributed by atoms with E-state index in [1.807, 2.05) is 6.92 Å². The van der Waals surface area contributed by atoms with Gasteiger partial charge in [-0.05, 0) is 55.4 Å². The molecule has 1 heterocycles. The Morgan fingerprint density at radius 1 is 1.32 bits per heavy atom. The van der Waals surface area contributed by atoms with E-state index in [-0.39, 0.29) is 24.4 Å². The molecule has 2 N–H and O–H groups in total. The number of hydrogen-bond acceptors (Lipinski definition) is 3. The summed E-state index contributed by atoms with van der Waals surface area (Å²) in [4.78, 5) is 26.0. The third-order valence-electron chi connectivity index (χ3n) is 4.63. The van der Waals surface area contributed by atoms with Gasteiger partial charge < -0.3 is 10.6 Å². The molecule has 1 aromatic carbocycles. The first kappa shape index (κ1) is 14.9. The molecule has 2 aliphatic rings. The van der Waals surface area contributed by atoms with Crippen LogP contribution in [-0.2, 0) is 22.4 Å². The lowest BCUT2D eigenvalue weighted by atomic mass is 9.89. The first-order valence-electron chi connectivity index (χ1n) is 8.08. The number of carbonyl (C=O) groups excluding carboxylic acids is 2. The number of likely N-dealkylation sites (N-methyl/N-ethyl adjacent to an activating group) is 1. The van der Waals surface area contributed by atoms with E-state index in [9.17, 15) is 9.59 Å². The summed E-state index contributed by atoms with van der Waals surface area (Å²) in [6.07, 6.45) is 5.29. The molecular formula is C17H23N3O2. The van der Waals surface area contributed by atoms with E-state index >= 15 is 0 Å². The van der Waals surface area contributed by atoms with Crippen molar-refractivity contribution in [3.8, 4) is 0 Å². The van der Waals surface area contributed by atoms with E-state index in [1.165, 1.54) is 24.0 Å². The predicted molar refractivity (Wildman–Crippen MR) is 87.2 cm³/mol. The average Bonchev–Trinajstić information content (AvgIpc) is 2.55. The van der Waals surface area contributed by atoms with Crippen molar-refractivity contribution < 1.29 is 9.59 Å². The van der Waals surface area contributed by atoms with Gasteiger partial charge in [0.2, 0.25) is 11.8 Å². The van der Waals surface area contributed by atoms with E-state index < -0.39 is 0 Å². The van der Waals surface area contributed by atoms with Gasteiger partial charge in [0.15, 0.2) is 0 Å². The van der Waals surface area contributed by atoms with Crippen LogP contribution in [0.3, 0.4) is 0 Å². The van der Waals surface area contributed by atoms with Crippen molar-refractivity contribution in [1.82, 2.24) is 5.32 Å². The first-order chi connectivity index (χ1) is 10.6. The fraction of sp³-hybridized carbons (Fsp3) is 0.529. The number of hydrogen-bond donors (Lipinski definition) is 2. The Morgan fingerprint density at radius 3 is 2.64 bits per heavy atom. The molecule has 0 aromatic heterocycles. The fourth-order valence-corrected chi connectivity index (χ4v) is 3.33. The van der Waals surface area contributed by atoms with Crippen LogP contribution in [0.25, 0.3) is 0 Å². The predicted octanol–water partition coefficient (Wildman–Crippen LogP) is 1.85. The maximum atomic E-state index is 12.6. The third kappa shape index (κ3) is 2.56. The van der Waals surface area contributed by atoms with Crippen LogP contribution in [0, 0.1) is 0 Å². The molecule has 0 spiro atoms. The van der Waals surface area contributed by atoms with E-state index in [0.717, 1.165) is 24.2 Å². The van der Waals surface area contributed by atoms with E-state index in [0.29, 0.717) is 6.42 Å². The molecule has 0 bridgehead atoms. The van der Waals surface area contributed by atoms with Crippen LogP contribution < -0.4 is 15.5 Å². The Morgan fingerprint density at radius 2 is 2.00 bits per heavy atom. The molecule has 22 heavy (non-hydrogen) atoms. The van der Waals surface area contributed by atoms with Crippen molar-refractivity contribution in [2.24, 2.45) is 0 Å². The molecule has 2 amide bonds. The van der Waals surface area contributed by atoms with Crippen LogP contribution in [0.1, 0.15) is 37.3 Å². The van der Waals surface area contributed by atoms with Gasteiger partial charge >= 0.3 is 0 Å². The normalized spacial score (nSPS) is 20.0. The lowest BCUT2D eigenvalue weighted by Crippen LogP contribution is -2.50. The Balaban J connectivity index is 2.02. The number of fused-ring (bicyclic) bond motifs is 2. The summed E-state index contributed by atoms with van der Waals surface area (Å²) in [5.74, 6) is -0.164. The fourth-order valence-electron chi connectivity index (χ4n) is 3.33. The Kier molecular flexibility index (Phi) is 4.05. The SMILES string of the molecule is CCC1Nc2cc3c(cc2N(CC(=O)NC)C1=O)CCCC3. The quantitative estimate of drug-likeness (QED) is 0.895. The molecule has 1 unspecified atom stereocenters. The van der Waals surface area contributed by atoms with Gasteiger partial charge in [-0.2, -0.15) is 0 Å². The van der Waals surface area contributed by atoms with E-state index in [1.54, 1.807) is 11.9 Å². The summed E-state index contributed by atoms with van der Waals surface area (Å²) in [6, 6.07) is 4.03. The van der Waals surface area contributed by atoms with Gasteiger partial charge in [0.25, 0.3) is 0 Å². The highest BCUT2D eigenvalue weighted by molar-refractivity contribution is 6.08. The van der Waals surface area contributed by atoms with Gasteiger partial charge in [0.05, 0.1) is 11.4 Å². The van der Waals surface area contributed by atoms with Crippen LogP contribution in [0.2, 0.25) is 0 Å². The maximum absolute atomic E-state index is 12.6. The number of carbonyl (C=O) groups is 2. The van der Waals surface area contributed by atoms with Gasteiger partial charge in [-0.15, -0.1) is 0 Å². The molecule has 5 nitrogen and oxygen atoms in total. The molecule has 0 saturated carbocycles. The Hall–Kier alpha value is -2.04. The molecular weight excluding hydrogens is 278 g/mol. The number of nitrogens with one attached hydrogen (secondary N) is 2. The minimum absolute atomic E-state index is 0.0191. The topological polar surface area (TPSA) is 61.4 Å². The summed E-state index contributed by atoms with van der Waals surface area (Å²) in [5, 5.41) is 5.95. The summed E-state index contributed by atoms with van der Waals surface area (Å²) in [7, 11) is 1.60. The van der Waals surface area contributed by atoms with Crippen molar-refractivity contribution in [2.45, 2.75) is 45.1 Å². The minimum atomic E-state index is -0.251. The molecule has 3 rings (SSSR count). The Bertz CT molecular complexity index is 612. The molecule has 0 fully saturated rings. The zero-order valence-corrected chi connectivity index (χ0v) is 13.2. The van der Waals surface area contributed by atoms with Gasteiger partial charge in [-0.1, -0.05) is 6.92 Å². The molecule has 5 heteroatoms. The standard InChI is InChI=1S/C17H23N3O2/c1-3-13-17(22)20(10-16(21)18-2)15-9-12-7-5-4-6-11(12)8-14(15)19-13/h8-9,13,19H,3-7,10H2,1-2H3,(H,18,21). The summed E-state index contributed by atoms with van der Waals surface area (Å²) < 4.78 is 0. The van der Waals surface area contributed by atoms with Crippen molar-refractivity contribution in [3.05, 3.63) is 23.3 Å². The van der Waals surface area contributed by atoms with Crippen molar-refractivity contribution >= 4 is 23.2 Å². The zero-order valence-electron chi connectivity index (χ0n) is 13.2. The number of nitrogens with zero attached hydrogens (tertiary/aromatic N) is 1. The van der Waals surface area contributed by atoms with Gasteiger partial charge in [0.1, 0.15) is 12.6 Å². The van der Waals surface area contributed by atoms with Crippen LogP contribution >= 0.6 is 0 Å². The number of amides is 2. The minimum Gasteiger partial charge on any atom is -0.372 e. The van der Waals surface area contributed by atoms with E-state index in [4.69, 9.17) is 0 Å². The maximum Gasteiger partial charge on any atom is 0.250 e. The smallest absolute Gasteiger partial charge is 0.250 e. The zero-order chi connectivity index (χ0) is 15.7. The first-order valence-corrected chi connectivity index (χ1v) is 8.08. The molecule has 0 saturated heterocycles. The van der Waals surface area contributed by atoms with Crippen LogP contribution in [0.4, 0.5) is 11.4 Å². The van der Waals surface area contributed by atoms with Crippen molar-refractivity contribution in [2.75, 3.05) is 23.8 Å². The summed E-state index contributed by atoms with van der Waals surface area (Å²) in [6.45, 7) is 2.07. The van der Waals surface area contributed by atoms with Gasteiger partial charge in [-0.3, -0.25) is 14.5 Å². The largest absolute Gasteiger partial charge is 0.372 e. The Labute approximate surface area is 131 Å². The molecule has 0 radical (unpaired) electrons. The second kappa shape index (κ2) is 5.99. The highest BCUT2D eigenvalue weighted by Crippen LogP contribution is 2.37. The molecule has 1 aliphatic carbocycles. The number of anilines is 2. The molecule has 1 aliphatic heterocycles. The number of rotatable bonds is 3. The number of benzene rings is 1. The van der Waals surface area contributed by atoms with Crippen molar-refractivity contribution in [1.29, 1.82) is 0 Å². The second-order valence-electron chi connectivity index (χ2n) is 6.05. The van der Waals surface area contributed by atoms with E-state index in [2.05, 4.69) is 22.8 Å². The van der Waals surface area contributed by atoms with Crippen LogP contribution in [-0.4, -0.2) is 31.4 Å². The lowest BCUT2D eigenvalue weighted by molar-refractivity contribution is -0.124. The second-order valence-corrected chi connectivity index (χ2v) is 6.05. The summed E-state index contributed by atoms with van der Waals surface area (Å²) >= 11 is 0. The summed E-state index contributed by atoms with van der Waals surface area (Å²) in [5.41, 5.74) is 4.52. The van der Waals surface area contributed by atoms with Gasteiger partial charge in [-0.25, -0.2) is 0 Å². The lowest BCUT2D eigenvalue weighted by Gasteiger charge is -2.36. The van der Waals surface area contributed by atoms with Crippen LogP contribution in [0.5, 0.6) is 0 Å². The third-order valence-corrected chi connectivity index (χ3v) is 4.63. The molecule has 118 valence electrons. The highest BCUT2D eigenvalue weighted by Gasteiger charge is 2.33. The van der Waals surface area contributed by atoms with Crippen molar-refractivity contribution in [3.63, 3.8) is 0 Å². The molecule has 1 aromatic rings. The molecule has 1 atom stereocenters. The average molecular weight is 301 g/mol.